The normalized spacial score (nSPS) is 20.1. The highest BCUT2D eigenvalue weighted by molar-refractivity contribution is 7.13. The number of benzene rings is 1. The molecule has 1 unspecified atom stereocenters. The first kappa shape index (κ1) is 20.1. The van der Waals surface area contributed by atoms with E-state index in [9.17, 15) is 19.8 Å². The molecule has 150 valence electrons. The first-order chi connectivity index (χ1) is 13.3. The monoisotopic (exact) mass is 405 g/mol. The van der Waals surface area contributed by atoms with Crippen LogP contribution in [0.4, 0.5) is 4.79 Å². The molecule has 0 spiro atoms. The molecule has 0 aliphatic carbocycles. The van der Waals surface area contributed by atoms with Crippen molar-refractivity contribution in [2.75, 3.05) is 13.7 Å². The fraction of sp³-hybridized carbons (Fsp3) is 0.421. The molecule has 3 rings (SSSR count). The number of methoxy groups -OCH3 is 1. The molecular weight excluding hydrogens is 382 g/mol. The van der Waals surface area contributed by atoms with Crippen molar-refractivity contribution < 1.29 is 24.5 Å². The van der Waals surface area contributed by atoms with Gasteiger partial charge in [0.05, 0.1) is 41.9 Å². The van der Waals surface area contributed by atoms with Crippen LogP contribution < -0.4 is 10.1 Å². The van der Waals surface area contributed by atoms with Crippen LogP contribution in [0.2, 0.25) is 0 Å². The highest BCUT2D eigenvalue weighted by atomic mass is 32.1. The van der Waals surface area contributed by atoms with Crippen LogP contribution in [0, 0.1) is 6.92 Å². The SMILES string of the molecule is COc1cc(-c2scnc2C)ccc1C(C)NC(=O)[C@@H]1C[C@@H](O)CN1C(=O)O. The highest BCUT2D eigenvalue weighted by Crippen LogP contribution is 2.34. The van der Waals surface area contributed by atoms with Crippen LogP contribution in [-0.2, 0) is 4.79 Å². The lowest BCUT2D eigenvalue weighted by Gasteiger charge is -2.24. The van der Waals surface area contributed by atoms with Gasteiger partial charge >= 0.3 is 6.09 Å². The Morgan fingerprint density at radius 2 is 2.18 bits per heavy atom. The minimum Gasteiger partial charge on any atom is -0.496 e. The number of aryl methyl sites for hydroxylation is 1. The van der Waals surface area contributed by atoms with Crippen molar-refractivity contribution in [2.24, 2.45) is 0 Å². The van der Waals surface area contributed by atoms with E-state index < -0.39 is 30.2 Å². The number of carbonyl (C=O) groups is 2. The molecule has 0 saturated carbocycles. The summed E-state index contributed by atoms with van der Waals surface area (Å²) in [6, 6.07) is 4.44. The van der Waals surface area contributed by atoms with Gasteiger partial charge in [0.1, 0.15) is 11.8 Å². The van der Waals surface area contributed by atoms with E-state index in [1.165, 1.54) is 0 Å². The lowest BCUT2D eigenvalue weighted by molar-refractivity contribution is -0.125. The number of likely N-dealkylation sites (tertiary alicyclic amines) is 1. The zero-order valence-electron chi connectivity index (χ0n) is 15.9. The molecule has 1 saturated heterocycles. The molecule has 0 radical (unpaired) electrons. The average molecular weight is 405 g/mol. The molecule has 1 aliphatic heterocycles. The molecule has 0 bridgehead atoms. The fourth-order valence-corrected chi connectivity index (χ4v) is 4.25. The van der Waals surface area contributed by atoms with Crippen molar-refractivity contribution in [3.05, 3.63) is 35.0 Å². The number of hydrogen-bond donors (Lipinski definition) is 3. The van der Waals surface area contributed by atoms with Crippen LogP contribution in [0.15, 0.2) is 23.7 Å². The summed E-state index contributed by atoms with van der Waals surface area (Å²) in [7, 11) is 1.57. The summed E-state index contributed by atoms with van der Waals surface area (Å²) in [4.78, 5) is 30.2. The smallest absolute Gasteiger partial charge is 0.408 e. The quantitative estimate of drug-likeness (QED) is 0.704. The first-order valence-electron chi connectivity index (χ1n) is 8.88. The number of amides is 2. The van der Waals surface area contributed by atoms with Crippen LogP contribution in [-0.4, -0.2) is 57.9 Å². The predicted molar refractivity (Wildman–Crippen MR) is 105 cm³/mol. The molecule has 9 heteroatoms. The largest absolute Gasteiger partial charge is 0.496 e. The van der Waals surface area contributed by atoms with E-state index in [-0.39, 0.29) is 13.0 Å². The molecule has 2 aromatic rings. The number of aliphatic hydroxyl groups excluding tert-OH is 1. The Kier molecular flexibility index (Phi) is 5.85. The second-order valence-electron chi connectivity index (χ2n) is 6.79. The van der Waals surface area contributed by atoms with Crippen LogP contribution in [0.1, 0.15) is 30.6 Å². The number of nitrogens with zero attached hydrogens (tertiary/aromatic N) is 2. The Bertz CT molecular complexity index is 884. The van der Waals surface area contributed by atoms with Gasteiger partial charge in [-0.2, -0.15) is 0 Å². The molecule has 1 aromatic heterocycles. The third-order valence-corrected chi connectivity index (χ3v) is 5.87. The van der Waals surface area contributed by atoms with Crippen LogP contribution in [0.5, 0.6) is 5.75 Å². The second-order valence-corrected chi connectivity index (χ2v) is 7.65. The van der Waals surface area contributed by atoms with Gasteiger partial charge in [-0.15, -0.1) is 11.3 Å². The van der Waals surface area contributed by atoms with Gasteiger partial charge in [-0.3, -0.25) is 9.69 Å². The van der Waals surface area contributed by atoms with E-state index in [1.54, 1.807) is 24.0 Å². The summed E-state index contributed by atoms with van der Waals surface area (Å²) in [6.45, 7) is 3.69. The molecule has 1 aromatic carbocycles. The summed E-state index contributed by atoms with van der Waals surface area (Å²) in [5, 5.41) is 21.8. The Labute approximate surface area is 166 Å². The van der Waals surface area contributed by atoms with Gasteiger partial charge in [0.15, 0.2) is 0 Å². The lowest BCUT2D eigenvalue weighted by atomic mass is 10.0. The molecule has 2 amide bonds. The third-order valence-electron chi connectivity index (χ3n) is 4.89. The number of carboxylic acid groups (broad SMARTS) is 1. The summed E-state index contributed by atoms with van der Waals surface area (Å²) < 4.78 is 5.52. The Balaban J connectivity index is 1.78. The molecule has 28 heavy (non-hydrogen) atoms. The number of nitrogens with one attached hydrogen (secondary N) is 1. The summed E-state index contributed by atoms with van der Waals surface area (Å²) in [5.41, 5.74) is 4.49. The van der Waals surface area contributed by atoms with Gasteiger partial charge in [0.25, 0.3) is 0 Å². The standard InChI is InChI=1S/C19H23N3O5S/c1-10(21-18(24)15-7-13(23)8-22(15)19(25)26)14-5-4-12(6-16(14)27-3)17-11(2)20-9-28-17/h4-6,9-10,13,15,23H,7-8H2,1-3H3,(H,21,24)(H,25,26)/t10?,13-,15+/m1/s1. The third kappa shape index (κ3) is 3.95. The molecule has 1 aliphatic rings. The highest BCUT2D eigenvalue weighted by Gasteiger charge is 2.39. The van der Waals surface area contributed by atoms with Crippen molar-refractivity contribution in [3.8, 4) is 16.2 Å². The molecule has 1 fully saturated rings. The van der Waals surface area contributed by atoms with Crippen LogP contribution >= 0.6 is 11.3 Å². The van der Waals surface area contributed by atoms with Crippen molar-refractivity contribution in [1.29, 1.82) is 0 Å². The molecule has 2 heterocycles. The second kappa shape index (κ2) is 8.15. The van der Waals surface area contributed by atoms with Gasteiger partial charge in [-0.1, -0.05) is 12.1 Å². The maximum atomic E-state index is 12.6. The van der Waals surface area contributed by atoms with Crippen molar-refractivity contribution in [1.82, 2.24) is 15.2 Å². The molecular formula is C19H23N3O5S. The van der Waals surface area contributed by atoms with Gasteiger partial charge in [-0.25, -0.2) is 9.78 Å². The minimum atomic E-state index is -1.22. The summed E-state index contributed by atoms with van der Waals surface area (Å²) in [5.74, 6) is 0.190. The zero-order valence-corrected chi connectivity index (χ0v) is 16.7. The minimum absolute atomic E-state index is 0.0615. The predicted octanol–water partition coefficient (Wildman–Crippen LogP) is 2.42. The van der Waals surface area contributed by atoms with Crippen molar-refractivity contribution in [2.45, 2.75) is 38.5 Å². The van der Waals surface area contributed by atoms with Gasteiger partial charge in [0.2, 0.25) is 5.91 Å². The number of β-amino-alcohol motifs (C(OH)–C–C–N with tert-alkyl or cyclic N) is 1. The van der Waals surface area contributed by atoms with E-state index >= 15 is 0 Å². The Morgan fingerprint density at radius 1 is 1.43 bits per heavy atom. The maximum Gasteiger partial charge on any atom is 0.408 e. The summed E-state index contributed by atoms with van der Waals surface area (Å²) in [6.07, 6.45) is -1.96. The maximum absolute atomic E-state index is 12.6. The van der Waals surface area contributed by atoms with Crippen LogP contribution in [0.25, 0.3) is 10.4 Å². The first-order valence-corrected chi connectivity index (χ1v) is 9.76. The topological polar surface area (TPSA) is 112 Å². The average Bonchev–Trinajstić information content (AvgIpc) is 3.26. The van der Waals surface area contributed by atoms with Crippen molar-refractivity contribution >= 4 is 23.3 Å². The van der Waals surface area contributed by atoms with E-state index in [0.29, 0.717) is 5.75 Å². The number of aromatic nitrogens is 1. The number of thiazole rings is 1. The number of carbonyl (C=O) groups excluding carboxylic acids is 1. The number of rotatable bonds is 5. The van der Waals surface area contributed by atoms with Crippen LogP contribution in [0.3, 0.4) is 0 Å². The molecule has 3 N–H and O–H groups in total. The van der Waals surface area contributed by atoms with Gasteiger partial charge in [0, 0.05) is 12.0 Å². The number of hydrogen-bond acceptors (Lipinski definition) is 6. The van der Waals surface area contributed by atoms with E-state index in [0.717, 1.165) is 26.6 Å². The Hall–Kier alpha value is -2.65. The Morgan fingerprint density at radius 3 is 2.79 bits per heavy atom. The van der Waals surface area contributed by atoms with Gasteiger partial charge < -0.3 is 20.3 Å². The van der Waals surface area contributed by atoms with E-state index in [1.807, 2.05) is 32.0 Å². The van der Waals surface area contributed by atoms with E-state index in [4.69, 9.17) is 4.74 Å². The van der Waals surface area contributed by atoms with E-state index in [2.05, 4.69) is 10.3 Å². The number of ether oxygens (including phenoxy) is 1. The molecule has 3 atom stereocenters. The fourth-order valence-electron chi connectivity index (χ4n) is 3.45. The lowest BCUT2D eigenvalue weighted by Crippen LogP contribution is -2.46. The van der Waals surface area contributed by atoms with Crippen molar-refractivity contribution in [3.63, 3.8) is 0 Å². The summed E-state index contributed by atoms with van der Waals surface area (Å²) >= 11 is 1.55. The van der Waals surface area contributed by atoms with Gasteiger partial charge in [-0.05, 0) is 25.5 Å². The zero-order chi connectivity index (χ0) is 20.4. The molecule has 8 nitrogen and oxygen atoms in total. The number of aliphatic hydroxyl groups is 1.